The number of hydrogen-bond acceptors (Lipinski definition) is 6. The lowest BCUT2D eigenvalue weighted by Gasteiger charge is -2.18. The summed E-state index contributed by atoms with van der Waals surface area (Å²) < 4.78 is 2.58. The number of rotatable bonds is 2. The SMILES string of the molecule is CN(C)c1ccnc2sc3c(=O)n(C45CC4Sc4ccccc45)cnc3c12. The first kappa shape index (κ1) is 15.7. The van der Waals surface area contributed by atoms with Gasteiger partial charge in [0.15, 0.2) is 0 Å². The van der Waals surface area contributed by atoms with Crippen LogP contribution in [0.3, 0.4) is 0 Å². The zero-order valence-corrected chi connectivity index (χ0v) is 16.5. The third-order valence-corrected chi connectivity index (χ3v) is 8.19. The first-order valence-corrected chi connectivity index (χ1v) is 10.5. The van der Waals surface area contributed by atoms with Crippen LogP contribution < -0.4 is 10.5 Å². The monoisotopic (exact) mass is 392 g/mol. The van der Waals surface area contributed by atoms with E-state index < -0.39 is 0 Å². The minimum atomic E-state index is -0.229. The molecule has 5 nitrogen and oxygen atoms in total. The maximum atomic E-state index is 13.5. The molecule has 0 saturated heterocycles. The molecule has 134 valence electrons. The molecule has 7 heteroatoms. The second-order valence-electron chi connectivity index (χ2n) is 7.34. The Labute approximate surface area is 163 Å². The molecule has 0 N–H and O–H groups in total. The van der Waals surface area contributed by atoms with Crippen molar-refractivity contribution in [2.24, 2.45) is 0 Å². The van der Waals surface area contributed by atoms with Crippen molar-refractivity contribution in [2.45, 2.75) is 22.1 Å². The molecule has 0 spiro atoms. The van der Waals surface area contributed by atoms with E-state index in [1.807, 2.05) is 41.4 Å². The van der Waals surface area contributed by atoms with Crippen molar-refractivity contribution in [1.29, 1.82) is 0 Å². The van der Waals surface area contributed by atoms with Crippen LogP contribution in [-0.2, 0) is 5.54 Å². The largest absolute Gasteiger partial charge is 0.377 e. The summed E-state index contributed by atoms with van der Waals surface area (Å²) in [6, 6.07) is 10.4. The lowest BCUT2D eigenvalue weighted by molar-refractivity contribution is 0.549. The molecular weight excluding hydrogens is 376 g/mol. The fourth-order valence-corrected chi connectivity index (χ4v) is 6.96. The molecular formula is C20H16N4OS2. The maximum Gasteiger partial charge on any atom is 0.272 e. The predicted molar refractivity (Wildman–Crippen MR) is 111 cm³/mol. The van der Waals surface area contributed by atoms with Crippen LogP contribution in [0.5, 0.6) is 0 Å². The summed E-state index contributed by atoms with van der Waals surface area (Å²) in [6.45, 7) is 0. The fourth-order valence-electron chi connectivity index (χ4n) is 4.30. The third-order valence-electron chi connectivity index (χ3n) is 5.66. The Kier molecular flexibility index (Phi) is 2.96. The van der Waals surface area contributed by atoms with Crippen LogP contribution in [0.25, 0.3) is 20.4 Å². The van der Waals surface area contributed by atoms with Crippen molar-refractivity contribution in [3.63, 3.8) is 0 Å². The Morgan fingerprint density at radius 2 is 2.07 bits per heavy atom. The number of thiophene rings is 1. The molecule has 0 radical (unpaired) electrons. The Balaban J connectivity index is 1.64. The Hall–Kier alpha value is -2.38. The van der Waals surface area contributed by atoms with Crippen LogP contribution >= 0.6 is 23.1 Å². The summed E-state index contributed by atoms with van der Waals surface area (Å²) in [5.74, 6) is 0. The molecule has 1 aliphatic carbocycles. The van der Waals surface area contributed by atoms with Gasteiger partial charge in [0.05, 0.1) is 28.5 Å². The standard InChI is InChI=1S/C20H16N4OS2/c1-23(2)12-7-8-21-18-15(12)16-17(27-18)19(25)24(10-22-16)20-9-14(20)26-13-6-4-3-5-11(13)20/h3-8,10,14H,9H2,1-2H3. The summed E-state index contributed by atoms with van der Waals surface area (Å²) in [5, 5.41) is 1.40. The molecule has 1 saturated carbocycles. The van der Waals surface area contributed by atoms with E-state index in [2.05, 4.69) is 29.2 Å². The van der Waals surface area contributed by atoms with Crippen molar-refractivity contribution in [2.75, 3.05) is 19.0 Å². The van der Waals surface area contributed by atoms with Gasteiger partial charge in [-0.1, -0.05) is 18.2 Å². The molecule has 2 aliphatic rings. The van der Waals surface area contributed by atoms with E-state index in [-0.39, 0.29) is 11.1 Å². The van der Waals surface area contributed by atoms with Gasteiger partial charge in [-0.3, -0.25) is 9.36 Å². The Morgan fingerprint density at radius 1 is 1.22 bits per heavy atom. The summed E-state index contributed by atoms with van der Waals surface area (Å²) in [4.78, 5) is 26.9. The lowest BCUT2D eigenvalue weighted by Crippen LogP contribution is -2.32. The molecule has 4 heterocycles. The van der Waals surface area contributed by atoms with E-state index in [0.29, 0.717) is 9.95 Å². The van der Waals surface area contributed by atoms with Crippen LogP contribution in [0.1, 0.15) is 12.0 Å². The Morgan fingerprint density at radius 3 is 2.93 bits per heavy atom. The van der Waals surface area contributed by atoms with Gasteiger partial charge in [-0.25, -0.2) is 9.97 Å². The second-order valence-corrected chi connectivity index (χ2v) is 9.58. The first-order valence-electron chi connectivity index (χ1n) is 8.84. The molecule has 1 aliphatic heterocycles. The number of anilines is 1. The molecule has 0 bridgehead atoms. The van der Waals surface area contributed by atoms with Gasteiger partial charge in [-0.2, -0.15) is 0 Å². The molecule has 4 aromatic rings. The van der Waals surface area contributed by atoms with Crippen molar-refractivity contribution in [1.82, 2.24) is 14.5 Å². The summed E-state index contributed by atoms with van der Waals surface area (Å²) >= 11 is 3.33. The predicted octanol–water partition coefficient (Wildman–Crippen LogP) is 3.69. The highest BCUT2D eigenvalue weighted by molar-refractivity contribution is 8.00. The summed E-state index contributed by atoms with van der Waals surface area (Å²) in [6.07, 6.45) is 4.55. The molecule has 3 aromatic heterocycles. The normalized spacial score (nSPS) is 22.8. The third kappa shape index (κ3) is 1.88. The van der Waals surface area contributed by atoms with Crippen LogP contribution in [0.2, 0.25) is 0 Å². The fraction of sp³-hybridized carbons (Fsp3) is 0.250. The zero-order valence-electron chi connectivity index (χ0n) is 14.8. The quantitative estimate of drug-likeness (QED) is 0.521. The molecule has 2 atom stereocenters. The average molecular weight is 393 g/mol. The summed E-state index contributed by atoms with van der Waals surface area (Å²) in [7, 11) is 4.00. The number of benzene rings is 1. The molecule has 0 amide bonds. The second kappa shape index (κ2) is 5.11. The highest BCUT2D eigenvalue weighted by Gasteiger charge is 2.63. The molecule has 6 rings (SSSR count). The molecule has 27 heavy (non-hydrogen) atoms. The van der Waals surface area contributed by atoms with Gasteiger partial charge in [0.25, 0.3) is 5.56 Å². The zero-order chi connectivity index (χ0) is 18.3. The molecule has 1 fully saturated rings. The van der Waals surface area contributed by atoms with E-state index in [1.165, 1.54) is 21.8 Å². The number of fused-ring (bicyclic) bond motifs is 6. The first-order chi connectivity index (χ1) is 13.1. The molecule has 2 unspecified atom stereocenters. The van der Waals surface area contributed by atoms with E-state index in [1.54, 1.807) is 12.5 Å². The average Bonchev–Trinajstić information content (AvgIpc) is 3.10. The van der Waals surface area contributed by atoms with Crippen LogP contribution in [0.15, 0.2) is 52.5 Å². The highest BCUT2D eigenvalue weighted by atomic mass is 32.2. The van der Waals surface area contributed by atoms with Crippen LogP contribution in [0.4, 0.5) is 5.69 Å². The van der Waals surface area contributed by atoms with E-state index in [9.17, 15) is 4.79 Å². The van der Waals surface area contributed by atoms with Gasteiger partial charge in [-0.15, -0.1) is 23.1 Å². The number of nitrogens with zero attached hydrogens (tertiary/aromatic N) is 4. The minimum Gasteiger partial charge on any atom is -0.377 e. The number of thioether (sulfide) groups is 1. The topological polar surface area (TPSA) is 51.0 Å². The maximum absolute atomic E-state index is 13.5. The van der Waals surface area contributed by atoms with E-state index in [4.69, 9.17) is 4.98 Å². The minimum absolute atomic E-state index is 0.0486. The number of aromatic nitrogens is 3. The Bertz CT molecular complexity index is 1310. The van der Waals surface area contributed by atoms with Gasteiger partial charge in [0, 0.05) is 30.4 Å². The van der Waals surface area contributed by atoms with Gasteiger partial charge >= 0.3 is 0 Å². The number of pyridine rings is 1. The highest BCUT2D eigenvalue weighted by Crippen LogP contribution is 2.65. The van der Waals surface area contributed by atoms with E-state index >= 15 is 0 Å². The van der Waals surface area contributed by atoms with E-state index in [0.717, 1.165) is 27.8 Å². The van der Waals surface area contributed by atoms with Gasteiger partial charge in [0.2, 0.25) is 0 Å². The van der Waals surface area contributed by atoms with Crippen molar-refractivity contribution >= 4 is 49.2 Å². The van der Waals surface area contributed by atoms with Crippen LogP contribution in [0, 0.1) is 0 Å². The smallest absolute Gasteiger partial charge is 0.272 e. The van der Waals surface area contributed by atoms with Crippen LogP contribution in [-0.4, -0.2) is 33.9 Å². The van der Waals surface area contributed by atoms with Gasteiger partial charge in [-0.05, 0) is 24.1 Å². The van der Waals surface area contributed by atoms with Crippen molar-refractivity contribution in [3.8, 4) is 0 Å². The number of hydrogen-bond donors (Lipinski definition) is 0. The summed E-state index contributed by atoms with van der Waals surface area (Å²) in [5.41, 5.74) is 2.89. The van der Waals surface area contributed by atoms with Crippen molar-refractivity contribution < 1.29 is 0 Å². The van der Waals surface area contributed by atoms with Crippen molar-refractivity contribution in [3.05, 3.63) is 58.8 Å². The van der Waals surface area contributed by atoms with Gasteiger partial charge < -0.3 is 4.90 Å². The van der Waals surface area contributed by atoms with Gasteiger partial charge in [0.1, 0.15) is 9.53 Å². The molecule has 1 aromatic carbocycles. The lowest BCUT2D eigenvalue weighted by atomic mass is 10.0.